The van der Waals surface area contributed by atoms with Crippen LogP contribution in [0.15, 0.2) is 0 Å². The van der Waals surface area contributed by atoms with Gasteiger partial charge < -0.3 is 4.90 Å². The van der Waals surface area contributed by atoms with E-state index in [0.29, 0.717) is 30.0 Å². The molecule has 4 heteroatoms. The third kappa shape index (κ3) is 4.16. The predicted octanol–water partition coefficient (Wildman–Crippen LogP) is 3.49. The Kier molecular flexibility index (Phi) is 6.42. The molecule has 1 saturated carbocycles. The van der Waals surface area contributed by atoms with Gasteiger partial charge >= 0.3 is 0 Å². The van der Waals surface area contributed by atoms with Crippen molar-refractivity contribution in [1.29, 1.82) is 0 Å². The maximum Gasteiger partial charge on any atom is 0.241 e. The summed E-state index contributed by atoms with van der Waals surface area (Å²) in [5.74, 6) is 2.73. The van der Waals surface area contributed by atoms with Crippen LogP contribution in [0.25, 0.3) is 0 Å². The van der Waals surface area contributed by atoms with Crippen LogP contribution >= 0.6 is 11.8 Å². The Bertz CT molecular complexity index is 342. The highest BCUT2D eigenvalue weighted by Crippen LogP contribution is 2.34. The van der Waals surface area contributed by atoms with Crippen molar-refractivity contribution in [2.75, 3.05) is 12.0 Å². The molecule has 3 unspecified atom stereocenters. The lowest BCUT2D eigenvalue weighted by Crippen LogP contribution is -2.47. The van der Waals surface area contributed by atoms with Crippen molar-refractivity contribution in [1.82, 2.24) is 10.2 Å². The maximum atomic E-state index is 12.9. The van der Waals surface area contributed by atoms with E-state index in [9.17, 15) is 4.79 Å². The van der Waals surface area contributed by atoms with E-state index in [0.717, 1.165) is 18.6 Å². The average molecular weight is 313 g/mol. The van der Waals surface area contributed by atoms with E-state index >= 15 is 0 Å². The predicted molar refractivity (Wildman–Crippen MR) is 91.4 cm³/mol. The SMILES string of the molecule is CSCCC(C)N1C(=O)C(CC(C)C)NC1C1CCCC1. The summed E-state index contributed by atoms with van der Waals surface area (Å²) in [7, 11) is 0. The van der Waals surface area contributed by atoms with Crippen LogP contribution in [0.5, 0.6) is 0 Å². The second-order valence-electron chi connectivity index (χ2n) is 7.21. The topological polar surface area (TPSA) is 32.3 Å². The van der Waals surface area contributed by atoms with Gasteiger partial charge in [0.05, 0.1) is 12.2 Å². The largest absolute Gasteiger partial charge is 0.323 e. The molecule has 0 bridgehead atoms. The van der Waals surface area contributed by atoms with E-state index in [4.69, 9.17) is 0 Å². The smallest absolute Gasteiger partial charge is 0.241 e. The van der Waals surface area contributed by atoms with Crippen molar-refractivity contribution in [3.8, 4) is 0 Å². The summed E-state index contributed by atoms with van der Waals surface area (Å²) in [6.45, 7) is 6.65. The zero-order valence-corrected chi connectivity index (χ0v) is 14.9. The zero-order valence-electron chi connectivity index (χ0n) is 14.1. The van der Waals surface area contributed by atoms with E-state index in [1.807, 2.05) is 11.8 Å². The second-order valence-corrected chi connectivity index (χ2v) is 8.20. The molecule has 2 aliphatic rings. The Morgan fingerprint density at radius 1 is 1.29 bits per heavy atom. The highest BCUT2D eigenvalue weighted by atomic mass is 32.2. The van der Waals surface area contributed by atoms with Gasteiger partial charge in [-0.05, 0) is 56.5 Å². The maximum absolute atomic E-state index is 12.9. The third-order valence-electron chi connectivity index (χ3n) is 4.99. The summed E-state index contributed by atoms with van der Waals surface area (Å²) in [5.41, 5.74) is 0. The van der Waals surface area contributed by atoms with Gasteiger partial charge in [0.15, 0.2) is 0 Å². The molecule has 21 heavy (non-hydrogen) atoms. The number of rotatable bonds is 7. The number of nitrogens with one attached hydrogen (secondary N) is 1. The fraction of sp³-hybridized carbons (Fsp3) is 0.941. The zero-order chi connectivity index (χ0) is 15.4. The Balaban J connectivity index is 2.08. The molecule has 0 radical (unpaired) electrons. The summed E-state index contributed by atoms with van der Waals surface area (Å²) < 4.78 is 0. The molecule has 3 atom stereocenters. The highest BCUT2D eigenvalue weighted by molar-refractivity contribution is 7.98. The molecule has 0 aromatic rings. The lowest BCUT2D eigenvalue weighted by molar-refractivity contribution is -0.133. The molecule has 2 rings (SSSR count). The molecule has 1 saturated heterocycles. The summed E-state index contributed by atoms with van der Waals surface area (Å²) in [4.78, 5) is 15.1. The standard InChI is InChI=1S/C17H32N2OS/c1-12(2)11-15-17(20)19(13(3)9-10-21-4)16(18-15)14-7-5-6-8-14/h12-16,18H,5-11H2,1-4H3. The fourth-order valence-electron chi connectivity index (χ4n) is 3.87. The molecule has 1 amide bonds. The number of carbonyl (C=O) groups excluding carboxylic acids is 1. The fourth-order valence-corrected chi connectivity index (χ4v) is 4.45. The Hall–Kier alpha value is -0.220. The van der Waals surface area contributed by atoms with Gasteiger partial charge in [-0.2, -0.15) is 11.8 Å². The molecule has 1 aliphatic heterocycles. The minimum Gasteiger partial charge on any atom is -0.323 e. The van der Waals surface area contributed by atoms with Crippen LogP contribution in [-0.2, 0) is 4.79 Å². The van der Waals surface area contributed by atoms with E-state index in [1.165, 1.54) is 25.7 Å². The lowest BCUT2D eigenvalue weighted by atomic mass is 10.0. The van der Waals surface area contributed by atoms with Crippen molar-refractivity contribution < 1.29 is 4.79 Å². The molecular formula is C17H32N2OS. The second kappa shape index (κ2) is 7.87. The Morgan fingerprint density at radius 3 is 2.52 bits per heavy atom. The van der Waals surface area contributed by atoms with Crippen molar-refractivity contribution >= 4 is 17.7 Å². The molecule has 0 aromatic heterocycles. The number of nitrogens with zero attached hydrogens (tertiary/aromatic N) is 1. The van der Waals surface area contributed by atoms with Gasteiger partial charge in [-0.25, -0.2) is 0 Å². The first kappa shape index (κ1) is 17.1. The van der Waals surface area contributed by atoms with Gasteiger partial charge in [-0.1, -0.05) is 26.7 Å². The van der Waals surface area contributed by atoms with Crippen LogP contribution in [0.1, 0.15) is 59.3 Å². The molecule has 122 valence electrons. The lowest BCUT2D eigenvalue weighted by Gasteiger charge is -2.34. The minimum atomic E-state index is 0.0485. The molecule has 3 nitrogen and oxygen atoms in total. The monoisotopic (exact) mass is 312 g/mol. The van der Waals surface area contributed by atoms with Crippen LogP contribution < -0.4 is 5.32 Å². The van der Waals surface area contributed by atoms with Crippen LogP contribution in [0.4, 0.5) is 0 Å². The number of hydrogen-bond donors (Lipinski definition) is 1. The molecule has 0 spiro atoms. The Morgan fingerprint density at radius 2 is 1.95 bits per heavy atom. The molecule has 1 aliphatic carbocycles. The van der Waals surface area contributed by atoms with E-state index in [1.54, 1.807) is 0 Å². The van der Waals surface area contributed by atoms with Crippen LogP contribution in [0.3, 0.4) is 0 Å². The quantitative estimate of drug-likeness (QED) is 0.781. The van der Waals surface area contributed by atoms with Gasteiger partial charge in [-0.3, -0.25) is 10.1 Å². The first-order valence-electron chi connectivity index (χ1n) is 8.61. The molecule has 1 heterocycles. The third-order valence-corrected chi connectivity index (χ3v) is 5.64. The van der Waals surface area contributed by atoms with Crippen LogP contribution in [0.2, 0.25) is 0 Å². The Labute approximate surface area is 134 Å². The van der Waals surface area contributed by atoms with E-state index in [-0.39, 0.29) is 6.04 Å². The van der Waals surface area contributed by atoms with Gasteiger partial charge in [0, 0.05) is 6.04 Å². The molecule has 1 N–H and O–H groups in total. The first-order chi connectivity index (χ1) is 10.0. The van der Waals surface area contributed by atoms with Gasteiger partial charge in [0.1, 0.15) is 0 Å². The normalized spacial score (nSPS) is 28.8. The van der Waals surface area contributed by atoms with Crippen LogP contribution in [-0.4, -0.2) is 41.1 Å². The molecular weight excluding hydrogens is 280 g/mol. The first-order valence-corrected chi connectivity index (χ1v) is 10.0. The van der Waals surface area contributed by atoms with Crippen LogP contribution in [0, 0.1) is 11.8 Å². The van der Waals surface area contributed by atoms with Gasteiger partial charge in [0.25, 0.3) is 0 Å². The average Bonchev–Trinajstić information content (AvgIpc) is 3.05. The molecule has 2 fully saturated rings. The highest BCUT2D eigenvalue weighted by Gasteiger charge is 2.44. The van der Waals surface area contributed by atoms with E-state index < -0.39 is 0 Å². The minimum absolute atomic E-state index is 0.0485. The van der Waals surface area contributed by atoms with E-state index in [2.05, 4.69) is 37.2 Å². The molecule has 0 aromatic carbocycles. The summed E-state index contributed by atoms with van der Waals surface area (Å²) in [6, 6.07) is 0.410. The number of carbonyl (C=O) groups is 1. The summed E-state index contributed by atoms with van der Waals surface area (Å²) >= 11 is 1.88. The van der Waals surface area contributed by atoms with Crippen molar-refractivity contribution in [3.05, 3.63) is 0 Å². The van der Waals surface area contributed by atoms with Crippen molar-refractivity contribution in [2.45, 2.75) is 77.5 Å². The van der Waals surface area contributed by atoms with Gasteiger partial charge in [0.2, 0.25) is 5.91 Å². The number of amides is 1. The van der Waals surface area contributed by atoms with Crippen molar-refractivity contribution in [3.63, 3.8) is 0 Å². The van der Waals surface area contributed by atoms with Gasteiger partial charge in [-0.15, -0.1) is 0 Å². The summed E-state index contributed by atoms with van der Waals surface area (Å²) in [5, 5.41) is 3.69. The number of thioether (sulfide) groups is 1. The summed E-state index contributed by atoms with van der Waals surface area (Å²) in [6.07, 6.45) is 9.74. The van der Waals surface area contributed by atoms with Crippen molar-refractivity contribution in [2.24, 2.45) is 11.8 Å². The number of hydrogen-bond acceptors (Lipinski definition) is 3.